The first-order valence-electron chi connectivity index (χ1n) is 5.63. The van der Waals surface area contributed by atoms with Crippen LogP contribution in [0, 0.1) is 9.39 Å². The Labute approximate surface area is 122 Å². The summed E-state index contributed by atoms with van der Waals surface area (Å²) in [5, 5.41) is 0.773. The summed E-state index contributed by atoms with van der Waals surface area (Å²) in [6, 6.07) is 13.6. The molecule has 0 unspecified atom stereocenters. The van der Waals surface area contributed by atoms with E-state index in [1.807, 2.05) is 34.7 Å². The Bertz CT molecular complexity index is 824. The Morgan fingerprint density at radius 1 is 1.00 bits per heavy atom. The lowest BCUT2D eigenvalue weighted by molar-refractivity contribution is 0.561. The van der Waals surface area contributed by atoms with E-state index in [2.05, 4.69) is 0 Å². The van der Waals surface area contributed by atoms with Gasteiger partial charge in [-0.2, -0.15) is 0 Å². The summed E-state index contributed by atoms with van der Waals surface area (Å²) < 4.78 is 19.9. The summed E-state index contributed by atoms with van der Waals surface area (Å²) in [6.07, 6.45) is 0. The van der Waals surface area contributed by atoms with E-state index in [1.54, 1.807) is 30.3 Å². The third kappa shape index (κ3) is 2.28. The predicted octanol–water partition coefficient (Wildman–Crippen LogP) is 4.20. The van der Waals surface area contributed by atoms with Crippen LogP contribution >= 0.6 is 22.6 Å². The molecule has 0 spiro atoms. The van der Waals surface area contributed by atoms with Crippen LogP contribution in [0.4, 0.5) is 4.39 Å². The van der Waals surface area contributed by atoms with Gasteiger partial charge < -0.3 is 4.42 Å². The first-order valence-corrected chi connectivity index (χ1v) is 6.71. The highest BCUT2D eigenvalue weighted by atomic mass is 127. The van der Waals surface area contributed by atoms with Gasteiger partial charge in [-0.1, -0.05) is 24.3 Å². The highest BCUT2D eigenvalue weighted by Gasteiger charge is 2.12. The molecule has 0 fully saturated rings. The standard InChI is InChI=1S/C15H8FIO2/c16-13-8-10(17)5-6-11(13)12-7-9-3-1-2-4-14(9)19-15(12)18/h1-8H. The molecule has 0 aliphatic rings. The van der Waals surface area contributed by atoms with Crippen molar-refractivity contribution in [3.63, 3.8) is 0 Å². The minimum atomic E-state index is -0.529. The van der Waals surface area contributed by atoms with Crippen molar-refractivity contribution in [2.75, 3.05) is 0 Å². The molecule has 3 rings (SSSR count). The quantitative estimate of drug-likeness (QED) is 0.477. The van der Waals surface area contributed by atoms with Crippen LogP contribution in [0.1, 0.15) is 0 Å². The van der Waals surface area contributed by atoms with Crippen LogP contribution in [0.15, 0.2) is 57.7 Å². The molecule has 0 amide bonds. The van der Waals surface area contributed by atoms with Crippen molar-refractivity contribution in [3.05, 3.63) is 68.3 Å². The van der Waals surface area contributed by atoms with E-state index < -0.39 is 11.4 Å². The summed E-state index contributed by atoms with van der Waals surface area (Å²) in [7, 11) is 0. The van der Waals surface area contributed by atoms with Gasteiger partial charge in [-0.15, -0.1) is 0 Å². The van der Waals surface area contributed by atoms with Crippen molar-refractivity contribution in [1.29, 1.82) is 0 Å². The molecule has 0 atom stereocenters. The van der Waals surface area contributed by atoms with Crippen molar-refractivity contribution in [3.8, 4) is 11.1 Å². The zero-order valence-electron chi connectivity index (χ0n) is 9.69. The smallest absolute Gasteiger partial charge is 0.344 e. The summed E-state index contributed by atoms with van der Waals surface area (Å²) in [6.45, 7) is 0. The second-order valence-electron chi connectivity index (χ2n) is 4.11. The van der Waals surface area contributed by atoms with Gasteiger partial charge in [0, 0.05) is 14.5 Å². The largest absolute Gasteiger partial charge is 0.422 e. The topological polar surface area (TPSA) is 30.2 Å². The second kappa shape index (κ2) is 4.77. The molecule has 19 heavy (non-hydrogen) atoms. The Kier molecular flexibility index (Phi) is 3.10. The van der Waals surface area contributed by atoms with Crippen LogP contribution < -0.4 is 5.63 Å². The molecule has 0 aliphatic heterocycles. The normalized spacial score (nSPS) is 10.8. The van der Waals surface area contributed by atoms with Crippen molar-refractivity contribution < 1.29 is 8.81 Å². The van der Waals surface area contributed by atoms with Crippen molar-refractivity contribution in [2.45, 2.75) is 0 Å². The highest BCUT2D eigenvalue weighted by molar-refractivity contribution is 14.1. The van der Waals surface area contributed by atoms with Crippen LogP contribution in [-0.4, -0.2) is 0 Å². The Balaban J connectivity index is 2.30. The summed E-state index contributed by atoms with van der Waals surface area (Å²) in [4.78, 5) is 11.9. The second-order valence-corrected chi connectivity index (χ2v) is 5.36. The molecule has 2 aromatic carbocycles. The summed E-state index contributed by atoms with van der Waals surface area (Å²) in [5.74, 6) is -0.422. The molecule has 0 radical (unpaired) electrons. The van der Waals surface area contributed by atoms with Gasteiger partial charge in [-0.3, -0.25) is 0 Å². The first-order chi connectivity index (χ1) is 9.15. The van der Waals surface area contributed by atoms with E-state index in [0.717, 1.165) is 8.96 Å². The molecular formula is C15H8FIO2. The van der Waals surface area contributed by atoms with E-state index in [1.165, 1.54) is 6.07 Å². The van der Waals surface area contributed by atoms with Gasteiger partial charge >= 0.3 is 5.63 Å². The van der Waals surface area contributed by atoms with Crippen LogP contribution in [0.5, 0.6) is 0 Å². The monoisotopic (exact) mass is 366 g/mol. The molecule has 0 N–H and O–H groups in total. The fourth-order valence-corrected chi connectivity index (χ4v) is 2.41. The molecule has 0 saturated carbocycles. The van der Waals surface area contributed by atoms with Crippen molar-refractivity contribution in [1.82, 2.24) is 0 Å². The van der Waals surface area contributed by atoms with E-state index in [0.29, 0.717) is 5.58 Å². The van der Waals surface area contributed by atoms with Crippen LogP contribution in [0.3, 0.4) is 0 Å². The average molecular weight is 366 g/mol. The molecule has 1 aromatic heterocycles. The molecule has 4 heteroatoms. The Morgan fingerprint density at radius 3 is 2.58 bits per heavy atom. The van der Waals surface area contributed by atoms with Crippen LogP contribution in [0.25, 0.3) is 22.1 Å². The van der Waals surface area contributed by atoms with Gasteiger partial charge in [0.1, 0.15) is 11.4 Å². The van der Waals surface area contributed by atoms with Gasteiger partial charge in [-0.05, 0) is 46.9 Å². The predicted molar refractivity (Wildman–Crippen MR) is 80.6 cm³/mol. The number of para-hydroxylation sites is 1. The van der Waals surface area contributed by atoms with Crippen molar-refractivity contribution in [2.24, 2.45) is 0 Å². The van der Waals surface area contributed by atoms with Gasteiger partial charge in [0.2, 0.25) is 0 Å². The SMILES string of the molecule is O=c1oc2ccccc2cc1-c1ccc(I)cc1F. The number of benzene rings is 2. The maximum atomic E-state index is 13.9. The molecule has 94 valence electrons. The van der Waals surface area contributed by atoms with Gasteiger partial charge in [0.25, 0.3) is 0 Å². The zero-order chi connectivity index (χ0) is 13.4. The number of halogens is 2. The highest BCUT2D eigenvalue weighted by Crippen LogP contribution is 2.24. The lowest BCUT2D eigenvalue weighted by Gasteiger charge is -2.04. The lowest BCUT2D eigenvalue weighted by atomic mass is 10.1. The molecule has 3 aromatic rings. The summed E-state index contributed by atoms with van der Waals surface area (Å²) in [5.41, 5.74) is 0.480. The Morgan fingerprint density at radius 2 is 1.79 bits per heavy atom. The molecule has 1 heterocycles. The maximum Gasteiger partial charge on any atom is 0.344 e. The molecule has 0 aliphatic carbocycles. The zero-order valence-corrected chi connectivity index (χ0v) is 11.8. The van der Waals surface area contributed by atoms with Crippen LogP contribution in [0.2, 0.25) is 0 Å². The van der Waals surface area contributed by atoms with Crippen LogP contribution in [-0.2, 0) is 0 Å². The number of hydrogen-bond donors (Lipinski definition) is 0. The van der Waals surface area contributed by atoms with Gasteiger partial charge in [-0.25, -0.2) is 9.18 Å². The minimum absolute atomic E-state index is 0.243. The molecule has 2 nitrogen and oxygen atoms in total. The van der Waals surface area contributed by atoms with Crippen molar-refractivity contribution >= 4 is 33.6 Å². The lowest BCUT2D eigenvalue weighted by Crippen LogP contribution is -2.04. The average Bonchev–Trinajstić information content (AvgIpc) is 2.38. The van der Waals surface area contributed by atoms with Gasteiger partial charge in [0.15, 0.2) is 0 Å². The van der Waals surface area contributed by atoms with E-state index in [9.17, 15) is 9.18 Å². The van der Waals surface area contributed by atoms with Gasteiger partial charge in [0.05, 0.1) is 5.56 Å². The summed E-state index contributed by atoms with van der Waals surface area (Å²) >= 11 is 2.02. The first kappa shape index (κ1) is 12.3. The van der Waals surface area contributed by atoms with E-state index in [-0.39, 0.29) is 11.1 Å². The number of rotatable bonds is 1. The number of fused-ring (bicyclic) bond motifs is 1. The third-order valence-corrected chi connectivity index (χ3v) is 3.53. The molecule has 0 bridgehead atoms. The number of hydrogen-bond acceptors (Lipinski definition) is 2. The Hall–Kier alpha value is -1.69. The fraction of sp³-hybridized carbons (Fsp3) is 0. The maximum absolute atomic E-state index is 13.9. The third-order valence-electron chi connectivity index (χ3n) is 2.86. The molecule has 0 saturated heterocycles. The minimum Gasteiger partial charge on any atom is -0.422 e. The van der Waals surface area contributed by atoms with E-state index in [4.69, 9.17) is 4.42 Å². The van der Waals surface area contributed by atoms with E-state index >= 15 is 0 Å². The fourth-order valence-electron chi connectivity index (χ4n) is 1.96. The molecular weight excluding hydrogens is 358 g/mol.